The lowest BCUT2D eigenvalue weighted by molar-refractivity contribution is 0.302. The van der Waals surface area contributed by atoms with E-state index in [1.54, 1.807) is 12.1 Å². The Morgan fingerprint density at radius 2 is 1.53 bits per heavy atom. The van der Waals surface area contributed by atoms with Crippen LogP contribution in [0.2, 0.25) is 0 Å². The molecule has 0 aliphatic rings. The molecule has 0 bridgehead atoms. The van der Waals surface area contributed by atoms with Crippen LogP contribution in [0, 0.1) is 13.8 Å². The van der Waals surface area contributed by atoms with Crippen LogP contribution in [0.1, 0.15) is 16.7 Å². The van der Waals surface area contributed by atoms with Crippen LogP contribution in [0.5, 0.6) is 5.75 Å². The van der Waals surface area contributed by atoms with Crippen molar-refractivity contribution >= 4 is 12.6 Å². The predicted molar refractivity (Wildman–Crippen MR) is 76.5 cm³/mol. The number of benzene rings is 2. The Morgan fingerprint density at radius 3 is 2.05 bits per heavy atom. The van der Waals surface area contributed by atoms with Crippen LogP contribution >= 0.6 is 0 Å². The molecule has 0 unspecified atom stereocenters. The normalized spacial score (nSPS) is 10.3. The molecule has 0 saturated carbocycles. The van der Waals surface area contributed by atoms with E-state index in [1.165, 1.54) is 0 Å². The van der Waals surface area contributed by atoms with Crippen molar-refractivity contribution in [1.29, 1.82) is 0 Å². The van der Waals surface area contributed by atoms with Gasteiger partial charge in [-0.25, -0.2) is 0 Å². The third-order valence-electron chi connectivity index (χ3n) is 3.07. The number of hydrogen-bond acceptors (Lipinski definition) is 3. The maximum atomic E-state index is 9.02. The van der Waals surface area contributed by atoms with Crippen molar-refractivity contribution < 1.29 is 14.8 Å². The molecule has 0 aromatic heterocycles. The van der Waals surface area contributed by atoms with E-state index in [1.807, 2.05) is 44.2 Å². The van der Waals surface area contributed by atoms with Crippen molar-refractivity contribution in [2.45, 2.75) is 20.5 Å². The number of ether oxygens (including phenoxy) is 1. The van der Waals surface area contributed by atoms with Gasteiger partial charge < -0.3 is 14.8 Å². The van der Waals surface area contributed by atoms with Crippen molar-refractivity contribution in [2.24, 2.45) is 0 Å². The monoisotopic (exact) mass is 256 g/mol. The molecule has 0 spiro atoms. The summed E-state index contributed by atoms with van der Waals surface area (Å²) in [5.41, 5.74) is 3.70. The molecule has 0 radical (unpaired) electrons. The highest BCUT2D eigenvalue weighted by atomic mass is 16.5. The third-order valence-corrected chi connectivity index (χ3v) is 3.07. The van der Waals surface area contributed by atoms with Crippen LogP contribution in [-0.4, -0.2) is 17.2 Å². The quantitative estimate of drug-likeness (QED) is 0.816. The van der Waals surface area contributed by atoms with E-state index in [-0.39, 0.29) is 0 Å². The lowest BCUT2D eigenvalue weighted by Gasteiger charge is -2.12. The van der Waals surface area contributed by atoms with Crippen LogP contribution in [0.3, 0.4) is 0 Å². The third kappa shape index (κ3) is 3.37. The zero-order valence-corrected chi connectivity index (χ0v) is 11.1. The second kappa shape index (κ2) is 5.91. The van der Waals surface area contributed by atoms with E-state index in [9.17, 15) is 0 Å². The minimum Gasteiger partial charge on any atom is -0.488 e. The molecular formula is C15H17BO3. The minimum atomic E-state index is -1.42. The second-order valence-corrected chi connectivity index (χ2v) is 4.62. The smallest absolute Gasteiger partial charge is 0.488 e. The minimum absolute atomic E-state index is 0.466. The lowest BCUT2D eigenvalue weighted by atomic mass is 9.80. The molecule has 2 rings (SSSR count). The summed E-state index contributed by atoms with van der Waals surface area (Å²) >= 11 is 0. The van der Waals surface area contributed by atoms with Crippen molar-refractivity contribution in [3.05, 3.63) is 59.2 Å². The first-order valence-electron chi connectivity index (χ1n) is 6.22. The Labute approximate surface area is 113 Å². The fraction of sp³-hybridized carbons (Fsp3) is 0.200. The Balaban J connectivity index is 2.06. The van der Waals surface area contributed by atoms with Gasteiger partial charge in [-0.2, -0.15) is 0 Å². The summed E-state index contributed by atoms with van der Waals surface area (Å²) in [5, 5.41) is 18.0. The maximum Gasteiger partial charge on any atom is 0.488 e. The van der Waals surface area contributed by atoms with E-state index in [0.29, 0.717) is 12.1 Å². The van der Waals surface area contributed by atoms with Gasteiger partial charge in [-0.3, -0.25) is 0 Å². The van der Waals surface area contributed by atoms with Crippen molar-refractivity contribution in [3.63, 3.8) is 0 Å². The molecule has 2 N–H and O–H groups in total. The molecule has 2 aromatic carbocycles. The van der Waals surface area contributed by atoms with Gasteiger partial charge in [0.2, 0.25) is 0 Å². The average molecular weight is 256 g/mol. The summed E-state index contributed by atoms with van der Waals surface area (Å²) in [6.07, 6.45) is 0. The molecule has 2 aromatic rings. The van der Waals surface area contributed by atoms with E-state index in [4.69, 9.17) is 14.8 Å². The summed E-state index contributed by atoms with van der Waals surface area (Å²) in [6, 6.07) is 13.1. The molecular weight excluding hydrogens is 239 g/mol. The van der Waals surface area contributed by atoms with E-state index in [0.717, 1.165) is 22.4 Å². The Morgan fingerprint density at radius 1 is 0.947 bits per heavy atom. The molecule has 0 aliphatic heterocycles. The molecule has 0 heterocycles. The van der Waals surface area contributed by atoms with Crippen molar-refractivity contribution in [3.8, 4) is 5.75 Å². The van der Waals surface area contributed by atoms with Gasteiger partial charge in [-0.1, -0.05) is 42.5 Å². The topological polar surface area (TPSA) is 49.7 Å². The van der Waals surface area contributed by atoms with Gasteiger partial charge >= 0.3 is 7.12 Å². The Hall–Kier alpha value is -1.78. The standard InChI is InChI=1S/C15H17BO3/c1-11-4-3-5-12(2)15(11)19-10-13-6-8-14(9-7-13)16(17)18/h3-9,17-18H,10H2,1-2H3. The number of para-hydroxylation sites is 1. The SMILES string of the molecule is Cc1cccc(C)c1OCc1ccc(B(O)O)cc1. The first-order chi connectivity index (χ1) is 9.08. The van der Waals surface area contributed by atoms with Crippen LogP contribution in [-0.2, 0) is 6.61 Å². The van der Waals surface area contributed by atoms with Crippen LogP contribution < -0.4 is 10.2 Å². The van der Waals surface area contributed by atoms with Crippen LogP contribution in [0.15, 0.2) is 42.5 Å². The van der Waals surface area contributed by atoms with Gasteiger partial charge in [0, 0.05) is 0 Å². The van der Waals surface area contributed by atoms with E-state index >= 15 is 0 Å². The molecule has 0 atom stereocenters. The molecule has 98 valence electrons. The van der Waals surface area contributed by atoms with Crippen molar-refractivity contribution in [2.75, 3.05) is 0 Å². The zero-order chi connectivity index (χ0) is 13.8. The summed E-state index contributed by atoms with van der Waals surface area (Å²) in [6.45, 7) is 4.51. The van der Waals surface area contributed by atoms with Gasteiger partial charge in [-0.15, -0.1) is 0 Å². The largest absolute Gasteiger partial charge is 0.488 e. The number of aryl methyl sites for hydroxylation is 2. The van der Waals surface area contributed by atoms with Crippen molar-refractivity contribution in [1.82, 2.24) is 0 Å². The first-order valence-corrected chi connectivity index (χ1v) is 6.22. The molecule has 0 saturated heterocycles. The highest BCUT2D eigenvalue weighted by Crippen LogP contribution is 2.23. The summed E-state index contributed by atoms with van der Waals surface area (Å²) in [4.78, 5) is 0. The van der Waals surface area contributed by atoms with Gasteiger partial charge in [0.1, 0.15) is 12.4 Å². The highest BCUT2D eigenvalue weighted by Gasteiger charge is 2.10. The first kappa shape index (κ1) is 13.7. The zero-order valence-electron chi connectivity index (χ0n) is 11.1. The Bertz CT molecular complexity index is 530. The fourth-order valence-electron chi connectivity index (χ4n) is 1.97. The summed E-state index contributed by atoms with van der Waals surface area (Å²) in [5.74, 6) is 0.911. The highest BCUT2D eigenvalue weighted by molar-refractivity contribution is 6.58. The van der Waals surface area contributed by atoms with Gasteiger partial charge in [0.15, 0.2) is 0 Å². The lowest BCUT2D eigenvalue weighted by Crippen LogP contribution is -2.29. The van der Waals surface area contributed by atoms with E-state index in [2.05, 4.69) is 0 Å². The number of hydrogen-bond donors (Lipinski definition) is 2. The molecule has 3 nitrogen and oxygen atoms in total. The molecule has 0 fully saturated rings. The molecule has 0 amide bonds. The summed E-state index contributed by atoms with van der Waals surface area (Å²) in [7, 11) is -1.42. The molecule has 4 heteroatoms. The second-order valence-electron chi connectivity index (χ2n) is 4.62. The fourth-order valence-corrected chi connectivity index (χ4v) is 1.97. The molecule has 19 heavy (non-hydrogen) atoms. The molecule has 0 aliphatic carbocycles. The van der Waals surface area contributed by atoms with E-state index < -0.39 is 7.12 Å². The average Bonchev–Trinajstić information content (AvgIpc) is 2.38. The van der Waals surface area contributed by atoms with Gasteiger partial charge in [-0.05, 0) is 36.0 Å². The maximum absolute atomic E-state index is 9.02. The number of rotatable bonds is 4. The van der Waals surface area contributed by atoms with Gasteiger partial charge in [0.25, 0.3) is 0 Å². The van der Waals surface area contributed by atoms with Crippen LogP contribution in [0.25, 0.3) is 0 Å². The Kier molecular flexibility index (Phi) is 4.25. The summed E-state index contributed by atoms with van der Waals surface area (Å²) < 4.78 is 5.83. The van der Waals surface area contributed by atoms with Crippen LogP contribution in [0.4, 0.5) is 0 Å². The predicted octanol–water partition coefficient (Wildman–Crippen LogP) is 1.56. The van der Waals surface area contributed by atoms with Gasteiger partial charge in [0.05, 0.1) is 0 Å².